The minimum absolute atomic E-state index is 0.0499. The van der Waals surface area contributed by atoms with Crippen LogP contribution in [-0.4, -0.2) is 91.8 Å². The molecule has 0 aromatic heterocycles. The summed E-state index contributed by atoms with van der Waals surface area (Å²) in [5.74, 6) is -0.718. The molecule has 2 aliphatic rings. The highest BCUT2D eigenvalue weighted by Gasteiger charge is 2.33. The summed E-state index contributed by atoms with van der Waals surface area (Å²) in [7, 11) is 2.90. The highest BCUT2D eigenvalue weighted by Crippen LogP contribution is 2.25. The Labute approximate surface area is 250 Å². The molecule has 0 unspecified atom stereocenters. The van der Waals surface area contributed by atoms with Gasteiger partial charge in [-0.2, -0.15) is 0 Å². The molecule has 0 bridgehead atoms. The van der Waals surface area contributed by atoms with E-state index < -0.39 is 17.6 Å². The van der Waals surface area contributed by atoms with Gasteiger partial charge in [-0.15, -0.1) is 0 Å². The van der Waals surface area contributed by atoms with Crippen LogP contribution in [0.4, 0.5) is 4.79 Å². The molecule has 0 radical (unpaired) electrons. The van der Waals surface area contributed by atoms with E-state index in [2.05, 4.69) is 5.32 Å². The zero-order chi connectivity index (χ0) is 30.7. The molecular formula is C32H49N3O7. The predicted molar refractivity (Wildman–Crippen MR) is 159 cm³/mol. The second-order valence-electron chi connectivity index (χ2n) is 12.5. The van der Waals surface area contributed by atoms with Gasteiger partial charge in [0, 0.05) is 46.1 Å². The van der Waals surface area contributed by atoms with Gasteiger partial charge in [0.1, 0.15) is 11.6 Å². The lowest BCUT2D eigenvalue weighted by atomic mass is 9.91. The fourth-order valence-corrected chi connectivity index (χ4v) is 5.68. The van der Waals surface area contributed by atoms with E-state index >= 15 is 0 Å². The molecular weight excluding hydrogens is 538 g/mol. The van der Waals surface area contributed by atoms with E-state index in [4.69, 9.17) is 14.2 Å². The molecule has 2 heterocycles. The molecule has 2 aliphatic heterocycles. The van der Waals surface area contributed by atoms with Crippen molar-refractivity contribution in [2.75, 3.05) is 40.4 Å². The maximum absolute atomic E-state index is 13.3. The van der Waals surface area contributed by atoms with Crippen molar-refractivity contribution in [1.82, 2.24) is 15.1 Å². The molecule has 3 rings (SSSR count). The fraction of sp³-hybridized carbons (Fsp3) is 0.688. The maximum atomic E-state index is 13.3. The van der Waals surface area contributed by atoms with E-state index in [0.717, 1.165) is 31.2 Å². The number of likely N-dealkylation sites (tertiary alicyclic amines) is 2. The molecule has 0 spiro atoms. The van der Waals surface area contributed by atoms with Crippen LogP contribution in [0.15, 0.2) is 30.3 Å². The van der Waals surface area contributed by atoms with Crippen molar-refractivity contribution in [2.24, 2.45) is 11.8 Å². The number of carbonyl (C=O) groups excluding carboxylic acids is 4. The molecule has 1 aromatic carbocycles. The molecule has 0 saturated carbocycles. The van der Waals surface area contributed by atoms with Crippen LogP contribution in [-0.2, 0) is 35.0 Å². The van der Waals surface area contributed by atoms with Gasteiger partial charge >= 0.3 is 12.1 Å². The van der Waals surface area contributed by atoms with Crippen molar-refractivity contribution in [1.29, 1.82) is 0 Å². The monoisotopic (exact) mass is 587 g/mol. The Morgan fingerprint density at radius 1 is 0.976 bits per heavy atom. The van der Waals surface area contributed by atoms with Crippen molar-refractivity contribution in [3.63, 3.8) is 0 Å². The number of rotatable bonds is 11. The average molecular weight is 588 g/mol. The Bertz CT molecular complexity index is 1030. The Kier molecular flexibility index (Phi) is 12.6. The van der Waals surface area contributed by atoms with Crippen LogP contribution in [0.2, 0.25) is 0 Å². The van der Waals surface area contributed by atoms with E-state index in [-0.39, 0.29) is 36.4 Å². The molecule has 3 amide bonds. The lowest BCUT2D eigenvalue weighted by Crippen LogP contribution is -2.50. The standard InChI is InChI=1S/C32H49N3O7/c1-32(2,3)42-31(39)34-18-15-23(16-19-34)13-14-28(36)35-17-9-12-25(22-35)29(37)33-27(30(38)41-5)21-26(40-4)20-24-10-7-6-8-11-24/h6-8,10-11,23,25-27H,9,12-22H2,1-5H3,(H,33,37)/t25-,26-,27+/m1/s1. The highest BCUT2D eigenvalue weighted by molar-refractivity contribution is 5.86. The minimum Gasteiger partial charge on any atom is -0.467 e. The normalized spacial score (nSPS) is 19.5. The summed E-state index contributed by atoms with van der Waals surface area (Å²) in [6.07, 6.45) is 4.59. The highest BCUT2D eigenvalue weighted by atomic mass is 16.6. The van der Waals surface area contributed by atoms with Gasteiger partial charge in [-0.3, -0.25) is 9.59 Å². The average Bonchev–Trinajstić information content (AvgIpc) is 2.98. The minimum atomic E-state index is -0.839. The van der Waals surface area contributed by atoms with Crippen LogP contribution >= 0.6 is 0 Å². The number of carbonyl (C=O) groups is 4. The van der Waals surface area contributed by atoms with Gasteiger partial charge in [-0.1, -0.05) is 30.3 Å². The molecule has 2 saturated heterocycles. The molecule has 1 N–H and O–H groups in total. The summed E-state index contributed by atoms with van der Waals surface area (Å²) in [5.41, 5.74) is 0.563. The van der Waals surface area contributed by atoms with Gasteiger partial charge in [-0.25, -0.2) is 9.59 Å². The van der Waals surface area contributed by atoms with Gasteiger partial charge in [0.25, 0.3) is 0 Å². The van der Waals surface area contributed by atoms with Gasteiger partial charge in [0.15, 0.2) is 0 Å². The van der Waals surface area contributed by atoms with Gasteiger partial charge in [-0.05, 0) is 70.8 Å². The van der Waals surface area contributed by atoms with E-state index in [1.807, 2.05) is 51.1 Å². The second kappa shape index (κ2) is 15.9. The van der Waals surface area contributed by atoms with Crippen molar-refractivity contribution in [2.45, 2.75) is 89.9 Å². The number of esters is 1. The second-order valence-corrected chi connectivity index (χ2v) is 12.5. The van der Waals surface area contributed by atoms with Crippen LogP contribution in [0.1, 0.15) is 71.3 Å². The number of benzene rings is 1. The maximum Gasteiger partial charge on any atom is 0.410 e. The zero-order valence-corrected chi connectivity index (χ0v) is 25.9. The third kappa shape index (κ3) is 10.6. The Balaban J connectivity index is 1.47. The van der Waals surface area contributed by atoms with Crippen LogP contribution < -0.4 is 5.32 Å². The number of nitrogens with one attached hydrogen (secondary N) is 1. The van der Waals surface area contributed by atoms with Gasteiger partial charge in [0.05, 0.1) is 19.1 Å². The lowest BCUT2D eigenvalue weighted by molar-refractivity contribution is -0.147. The number of amides is 3. The number of nitrogens with zero attached hydrogens (tertiary/aromatic N) is 2. The third-order valence-electron chi connectivity index (χ3n) is 8.12. The summed E-state index contributed by atoms with van der Waals surface area (Å²) in [6.45, 7) is 7.82. The summed E-state index contributed by atoms with van der Waals surface area (Å²) in [5, 5.41) is 2.88. The molecule has 2 fully saturated rings. The zero-order valence-electron chi connectivity index (χ0n) is 25.9. The molecule has 3 atom stereocenters. The molecule has 10 heteroatoms. The van der Waals surface area contributed by atoms with Crippen molar-refractivity contribution in [3.05, 3.63) is 35.9 Å². The molecule has 1 aromatic rings. The smallest absolute Gasteiger partial charge is 0.410 e. The topological polar surface area (TPSA) is 114 Å². The lowest BCUT2D eigenvalue weighted by Gasteiger charge is -2.35. The first kappa shape index (κ1) is 33.4. The Morgan fingerprint density at radius 3 is 2.29 bits per heavy atom. The summed E-state index contributed by atoms with van der Waals surface area (Å²) < 4.78 is 16.1. The van der Waals surface area contributed by atoms with Crippen LogP contribution in [0.3, 0.4) is 0 Å². The number of ether oxygens (including phenoxy) is 3. The van der Waals surface area contributed by atoms with E-state index in [9.17, 15) is 19.2 Å². The first-order chi connectivity index (χ1) is 20.0. The first-order valence-corrected chi connectivity index (χ1v) is 15.2. The fourth-order valence-electron chi connectivity index (χ4n) is 5.68. The predicted octanol–water partition coefficient (Wildman–Crippen LogP) is 3.96. The molecule has 42 heavy (non-hydrogen) atoms. The van der Waals surface area contributed by atoms with Crippen molar-refractivity contribution >= 4 is 23.9 Å². The third-order valence-corrected chi connectivity index (χ3v) is 8.12. The molecule has 0 aliphatic carbocycles. The first-order valence-electron chi connectivity index (χ1n) is 15.2. The molecule has 234 valence electrons. The van der Waals surface area contributed by atoms with Crippen molar-refractivity contribution in [3.8, 4) is 0 Å². The summed E-state index contributed by atoms with van der Waals surface area (Å²) in [4.78, 5) is 54.8. The Hall–Kier alpha value is -3.14. The number of piperidine rings is 2. The summed E-state index contributed by atoms with van der Waals surface area (Å²) >= 11 is 0. The summed E-state index contributed by atoms with van der Waals surface area (Å²) in [6, 6.07) is 9.00. The number of methoxy groups -OCH3 is 2. The van der Waals surface area contributed by atoms with E-state index in [0.29, 0.717) is 51.4 Å². The van der Waals surface area contributed by atoms with Crippen molar-refractivity contribution < 1.29 is 33.4 Å². The van der Waals surface area contributed by atoms with Crippen LogP contribution in [0.5, 0.6) is 0 Å². The van der Waals surface area contributed by atoms with Gasteiger partial charge < -0.3 is 29.3 Å². The quantitative estimate of drug-likeness (QED) is 0.390. The van der Waals surface area contributed by atoms with Gasteiger partial charge in [0.2, 0.25) is 11.8 Å². The number of hydrogen-bond donors (Lipinski definition) is 1. The number of hydrogen-bond acceptors (Lipinski definition) is 7. The van der Waals surface area contributed by atoms with Crippen LogP contribution in [0.25, 0.3) is 0 Å². The van der Waals surface area contributed by atoms with E-state index in [1.165, 1.54) is 7.11 Å². The Morgan fingerprint density at radius 2 is 1.67 bits per heavy atom. The van der Waals surface area contributed by atoms with Crippen LogP contribution in [0, 0.1) is 11.8 Å². The molecule has 10 nitrogen and oxygen atoms in total. The van der Waals surface area contributed by atoms with E-state index in [1.54, 1.807) is 16.9 Å². The largest absolute Gasteiger partial charge is 0.467 e. The SMILES string of the molecule is COC(=O)[C@H](C[C@@H](Cc1ccccc1)OC)NC(=O)[C@@H]1CCCN(C(=O)CCC2CCN(C(=O)OC(C)(C)C)CC2)C1.